The number of benzene rings is 1. The Bertz CT molecular complexity index is 907. The monoisotopic (exact) mass is 319 g/mol. The van der Waals surface area contributed by atoms with Gasteiger partial charge in [0.15, 0.2) is 5.82 Å². The van der Waals surface area contributed by atoms with E-state index in [-0.39, 0.29) is 6.42 Å². The topological polar surface area (TPSA) is 76.0 Å². The molecule has 0 fully saturated rings. The zero-order chi connectivity index (χ0) is 17.1. The molecule has 2 heterocycles. The van der Waals surface area contributed by atoms with Gasteiger partial charge in [0.05, 0.1) is 12.1 Å². The number of pyridine rings is 1. The van der Waals surface area contributed by atoms with Crippen molar-refractivity contribution in [2.24, 2.45) is 0 Å². The van der Waals surface area contributed by atoms with Crippen molar-refractivity contribution in [3.8, 4) is 22.6 Å². The highest BCUT2D eigenvalue weighted by Gasteiger charge is 2.09. The third-order valence-corrected chi connectivity index (χ3v) is 3.70. The van der Waals surface area contributed by atoms with Crippen LogP contribution in [0.1, 0.15) is 17.0 Å². The molecule has 0 spiro atoms. The molecule has 2 aromatic heterocycles. The highest BCUT2D eigenvalue weighted by atomic mass is 16.4. The van der Waals surface area contributed by atoms with Gasteiger partial charge in [-0.3, -0.25) is 9.78 Å². The predicted octanol–water partition coefficient (Wildman–Crippen LogP) is 3.45. The Balaban J connectivity index is 2.00. The van der Waals surface area contributed by atoms with Crippen molar-refractivity contribution in [2.75, 3.05) is 0 Å². The SMILES string of the molecule is Cc1ccc(-c2ccnc(-c3cccc(CC(=O)O)c3)n2)c(C)n1. The molecule has 24 heavy (non-hydrogen) atoms. The second-order valence-corrected chi connectivity index (χ2v) is 5.62. The smallest absolute Gasteiger partial charge is 0.307 e. The lowest BCUT2D eigenvalue weighted by molar-refractivity contribution is -0.136. The molecule has 0 aliphatic carbocycles. The van der Waals surface area contributed by atoms with Gasteiger partial charge in [-0.15, -0.1) is 0 Å². The van der Waals surface area contributed by atoms with E-state index < -0.39 is 5.97 Å². The van der Waals surface area contributed by atoms with E-state index in [0.717, 1.165) is 33.8 Å². The van der Waals surface area contributed by atoms with Crippen LogP contribution in [-0.4, -0.2) is 26.0 Å². The molecule has 3 aromatic rings. The highest BCUT2D eigenvalue weighted by Crippen LogP contribution is 2.23. The number of hydrogen-bond acceptors (Lipinski definition) is 4. The first-order valence-corrected chi connectivity index (χ1v) is 7.62. The molecule has 5 nitrogen and oxygen atoms in total. The van der Waals surface area contributed by atoms with Gasteiger partial charge >= 0.3 is 5.97 Å². The fourth-order valence-electron chi connectivity index (χ4n) is 2.60. The molecule has 0 atom stereocenters. The van der Waals surface area contributed by atoms with Crippen LogP contribution >= 0.6 is 0 Å². The maximum absolute atomic E-state index is 10.9. The Morgan fingerprint density at radius 2 is 1.92 bits per heavy atom. The summed E-state index contributed by atoms with van der Waals surface area (Å²) in [5, 5.41) is 8.94. The second-order valence-electron chi connectivity index (χ2n) is 5.62. The Morgan fingerprint density at radius 1 is 1.08 bits per heavy atom. The molecule has 0 radical (unpaired) electrons. The minimum atomic E-state index is -0.858. The molecule has 5 heteroatoms. The van der Waals surface area contributed by atoms with Gasteiger partial charge in [0.2, 0.25) is 0 Å². The number of rotatable bonds is 4. The van der Waals surface area contributed by atoms with E-state index in [1.54, 1.807) is 12.3 Å². The average molecular weight is 319 g/mol. The van der Waals surface area contributed by atoms with Crippen LogP contribution < -0.4 is 0 Å². The van der Waals surface area contributed by atoms with Gasteiger partial charge in [-0.2, -0.15) is 0 Å². The summed E-state index contributed by atoms with van der Waals surface area (Å²) in [4.78, 5) is 24.3. The van der Waals surface area contributed by atoms with Crippen molar-refractivity contribution in [2.45, 2.75) is 20.3 Å². The predicted molar refractivity (Wildman–Crippen MR) is 91.5 cm³/mol. The standard InChI is InChI=1S/C19H17N3O2/c1-12-6-7-16(13(2)21-12)17-8-9-20-19(22-17)15-5-3-4-14(10-15)11-18(23)24/h3-10H,11H2,1-2H3,(H,23,24). The number of aliphatic carboxylic acids is 1. The molecule has 0 bridgehead atoms. The number of aryl methyl sites for hydroxylation is 2. The van der Waals surface area contributed by atoms with E-state index >= 15 is 0 Å². The fraction of sp³-hybridized carbons (Fsp3) is 0.158. The fourth-order valence-corrected chi connectivity index (χ4v) is 2.60. The number of aromatic nitrogens is 3. The number of carbonyl (C=O) groups is 1. The van der Waals surface area contributed by atoms with Gasteiger partial charge in [-0.25, -0.2) is 9.97 Å². The molecular weight excluding hydrogens is 302 g/mol. The third-order valence-electron chi connectivity index (χ3n) is 3.70. The summed E-state index contributed by atoms with van der Waals surface area (Å²) in [6, 6.07) is 13.1. The van der Waals surface area contributed by atoms with Crippen LogP contribution in [0.25, 0.3) is 22.6 Å². The Labute approximate surface area is 140 Å². The summed E-state index contributed by atoms with van der Waals surface area (Å²) in [6.45, 7) is 3.91. The van der Waals surface area contributed by atoms with Crippen LogP contribution in [0.15, 0.2) is 48.7 Å². The first kappa shape index (κ1) is 15.8. The van der Waals surface area contributed by atoms with E-state index in [2.05, 4.69) is 15.0 Å². The second kappa shape index (κ2) is 6.58. The van der Waals surface area contributed by atoms with Crippen LogP contribution in [0, 0.1) is 13.8 Å². The van der Waals surface area contributed by atoms with Crippen LogP contribution in [0.4, 0.5) is 0 Å². The van der Waals surface area contributed by atoms with E-state index in [1.807, 2.05) is 50.2 Å². The van der Waals surface area contributed by atoms with Crippen molar-refractivity contribution in [3.05, 3.63) is 65.6 Å². The maximum Gasteiger partial charge on any atom is 0.307 e. The number of carboxylic acid groups (broad SMARTS) is 1. The molecule has 0 saturated carbocycles. The molecule has 1 N–H and O–H groups in total. The molecule has 0 aliphatic heterocycles. The minimum absolute atomic E-state index is 0.0193. The first-order chi connectivity index (χ1) is 11.5. The summed E-state index contributed by atoms with van der Waals surface area (Å²) in [5.41, 5.74) is 5.17. The van der Waals surface area contributed by atoms with Crippen LogP contribution in [-0.2, 0) is 11.2 Å². The Hall–Kier alpha value is -3.08. The molecule has 120 valence electrons. The van der Waals surface area contributed by atoms with Gasteiger partial charge in [0.25, 0.3) is 0 Å². The van der Waals surface area contributed by atoms with E-state index in [4.69, 9.17) is 5.11 Å². The molecule has 0 unspecified atom stereocenters. The summed E-state index contributed by atoms with van der Waals surface area (Å²) in [6.07, 6.45) is 1.69. The van der Waals surface area contributed by atoms with Gasteiger partial charge in [0, 0.05) is 28.7 Å². The van der Waals surface area contributed by atoms with Gasteiger partial charge in [-0.1, -0.05) is 18.2 Å². The molecule has 0 amide bonds. The summed E-state index contributed by atoms with van der Waals surface area (Å²) < 4.78 is 0. The minimum Gasteiger partial charge on any atom is -0.481 e. The number of carboxylic acids is 1. The summed E-state index contributed by atoms with van der Waals surface area (Å²) in [5.74, 6) is -0.289. The zero-order valence-electron chi connectivity index (χ0n) is 13.5. The number of hydrogen-bond donors (Lipinski definition) is 1. The zero-order valence-corrected chi connectivity index (χ0v) is 13.5. The van der Waals surface area contributed by atoms with Crippen molar-refractivity contribution >= 4 is 5.97 Å². The van der Waals surface area contributed by atoms with E-state index in [0.29, 0.717) is 5.82 Å². The van der Waals surface area contributed by atoms with Crippen LogP contribution in [0.3, 0.4) is 0 Å². The first-order valence-electron chi connectivity index (χ1n) is 7.62. The van der Waals surface area contributed by atoms with E-state index in [1.165, 1.54) is 0 Å². The highest BCUT2D eigenvalue weighted by molar-refractivity contribution is 5.71. The van der Waals surface area contributed by atoms with Gasteiger partial charge < -0.3 is 5.11 Å². The summed E-state index contributed by atoms with van der Waals surface area (Å²) >= 11 is 0. The lowest BCUT2D eigenvalue weighted by Gasteiger charge is -2.08. The maximum atomic E-state index is 10.9. The quantitative estimate of drug-likeness (QED) is 0.797. The molecule has 1 aromatic carbocycles. The Morgan fingerprint density at radius 3 is 2.67 bits per heavy atom. The molecule has 0 saturated heterocycles. The van der Waals surface area contributed by atoms with Gasteiger partial charge in [0.1, 0.15) is 0 Å². The van der Waals surface area contributed by atoms with E-state index in [9.17, 15) is 4.79 Å². The average Bonchev–Trinajstić information content (AvgIpc) is 2.54. The van der Waals surface area contributed by atoms with Crippen molar-refractivity contribution in [1.82, 2.24) is 15.0 Å². The summed E-state index contributed by atoms with van der Waals surface area (Å²) in [7, 11) is 0. The molecule has 3 rings (SSSR count). The number of nitrogens with zero attached hydrogens (tertiary/aromatic N) is 3. The van der Waals surface area contributed by atoms with Crippen LogP contribution in [0.2, 0.25) is 0 Å². The lowest BCUT2D eigenvalue weighted by Crippen LogP contribution is -2.00. The lowest BCUT2D eigenvalue weighted by atomic mass is 10.1. The Kier molecular flexibility index (Phi) is 4.33. The van der Waals surface area contributed by atoms with Crippen LogP contribution in [0.5, 0.6) is 0 Å². The van der Waals surface area contributed by atoms with Crippen molar-refractivity contribution in [3.63, 3.8) is 0 Å². The normalized spacial score (nSPS) is 10.6. The van der Waals surface area contributed by atoms with Gasteiger partial charge in [-0.05, 0) is 43.7 Å². The largest absolute Gasteiger partial charge is 0.481 e. The van der Waals surface area contributed by atoms with Crippen molar-refractivity contribution in [1.29, 1.82) is 0 Å². The molecular formula is C19H17N3O2. The van der Waals surface area contributed by atoms with Crippen molar-refractivity contribution < 1.29 is 9.90 Å². The molecule has 0 aliphatic rings. The third kappa shape index (κ3) is 3.46.